The average molecular weight is 464 g/mol. The fourth-order valence-corrected chi connectivity index (χ4v) is 5.78. The van der Waals surface area contributed by atoms with Crippen molar-refractivity contribution in [3.05, 3.63) is 64.2 Å². The third-order valence-corrected chi connectivity index (χ3v) is 7.23. The predicted molar refractivity (Wildman–Crippen MR) is 124 cm³/mol. The summed E-state index contributed by atoms with van der Waals surface area (Å²) in [6, 6.07) is 13.1. The summed E-state index contributed by atoms with van der Waals surface area (Å²) < 4.78 is 27.8. The van der Waals surface area contributed by atoms with Crippen molar-refractivity contribution in [2.75, 3.05) is 20.2 Å². The number of piperidine rings is 1. The van der Waals surface area contributed by atoms with Crippen LogP contribution in [0.4, 0.5) is 4.79 Å². The molecule has 2 saturated heterocycles. The Hall–Kier alpha value is -3.03. The Morgan fingerprint density at radius 1 is 0.912 bits per heavy atom. The molecule has 2 aromatic rings. The molecule has 0 aliphatic carbocycles. The Morgan fingerprint density at radius 3 is 2.00 bits per heavy atom. The Labute approximate surface area is 199 Å². The van der Waals surface area contributed by atoms with Crippen molar-refractivity contribution >= 4 is 11.7 Å². The molecule has 4 aliphatic rings. The Balaban J connectivity index is 1.43. The lowest BCUT2D eigenvalue weighted by atomic mass is 9.84. The van der Waals surface area contributed by atoms with Gasteiger partial charge in [-0.05, 0) is 73.6 Å². The van der Waals surface area contributed by atoms with E-state index in [-0.39, 0.29) is 31.8 Å². The fourth-order valence-electron chi connectivity index (χ4n) is 5.78. The van der Waals surface area contributed by atoms with Crippen molar-refractivity contribution in [1.29, 1.82) is 0 Å². The van der Waals surface area contributed by atoms with Crippen LogP contribution in [-0.2, 0) is 27.4 Å². The highest BCUT2D eigenvalue weighted by molar-refractivity contribution is 5.84. The molecule has 0 saturated carbocycles. The van der Waals surface area contributed by atoms with Crippen LogP contribution in [0.1, 0.15) is 54.9 Å². The number of benzene rings is 2. The molecule has 2 bridgehead atoms. The van der Waals surface area contributed by atoms with Crippen molar-refractivity contribution in [2.24, 2.45) is 0 Å². The van der Waals surface area contributed by atoms with Crippen molar-refractivity contribution in [3.63, 3.8) is 0 Å². The molecule has 2 atom stereocenters. The maximum atomic E-state index is 12.6. The highest BCUT2D eigenvalue weighted by atomic mass is 16.7. The van der Waals surface area contributed by atoms with Gasteiger partial charge in [0.05, 0.1) is 19.8 Å². The van der Waals surface area contributed by atoms with E-state index in [9.17, 15) is 4.79 Å². The van der Waals surface area contributed by atoms with Gasteiger partial charge in [0.25, 0.3) is 0 Å². The maximum Gasteiger partial charge on any atom is 0.410 e. The second-order valence-electron chi connectivity index (χ2n) is 9.24. The molecule has 7 nitrogen and oxygen atoms in total. The van der Waals surface area contributed by atoms with E-state index in [2.05, 4.69) is 24.3 Å². The van der Waals surface area contributed by atoms with Gasteiger partial charge in [0.15, 0.2) is 13.6 Å². The van der Waals surface area contributed by atoms with Gasteiger partial charge >= 0.3 is 6.09 Å². The largest absolute Gasteiger partial charge is 0.467 e. The number of hydrogen-bond donors (Lipinski definition) is 0. The molecule has 0 radical (unpaired) electrons. The van der Waals surface area contributed by atoms with E-state index in [4.69, 9.17) is 23.7 Å². The van der Waals surface area contributed by atoms with Gasteiger partial charge < -0.3 is 28.6 Å². The summed E-state index contributed by atoms with van der Waals surface area (Å²) in [5, 5.41) is 0. The van der Waals surface area contributed by atoms with Gasteiger partial charge in [-0.1, -0.05) is 17.7 Å². The highest BCUT2D eigenvalue weighted by Gasteiger charge is 2.43. The second kappa shape index (κ2) is 8.96. The van der Waals surface area contributed by atoms with Crippen LogP contribution in [0, 0.1) is 0 Å². The lowest BCUT2D eigenvalue weighted by Crippen LogP contribution is -2.45. The summed E-state index contributed by atoms with van der Waals surface area (Å²) in [5.41, 5.74) is 7.00. The summed E-state index contributed by atoms with van der Waals surface area (Å²) in [4.78, 5) is 14.6. The first-order chi connectivity index (χ1) is 16.7. The second-order valence-corrected chi connectivity index (χ2v) is 9.24. The minimum atomic E-state index is -0.179. The summed E-state index contributed by atoms with van der Waals surface area (Å²) in [5.74, 6) is 1.76. The molecule has 0 N–H and O–H groups in total. The summed E-state index contributed by atoms with van der Waals surface area (Å²) in [6.45, 7) is 3.93. The van der Waals surface area contributed by atoms with Crippen molar-refractivity contribution in [1.82, 2.24) is 4.90 Å². The summed E-state index contributed by atoms with van der Waals surface area (Å²) in [6.07, 6.45) is 3.54. The van der Waals surface area contributed by atoms with Crippen LogP contribution in [0.2, 0.25) is 0 Å². The molecule has 2 fully saturated rings. The fraction of sp³-hybridized carbons (Fsp3) is 0.444. The molecule has 4 heterocycles. The predicted octanol–water partition coefficient (Wildman–Crippen LogP) is 5.00. The van der Waals surface area contributed by atoms with Crippen LogP contribution in [0.15, 0.2) is 42.0 Å². The molecule has 2 unspecified atom stereocenters. The number of carbonyl (C=O) groups is 1. The molecule has 1 amide bonds. The summed E-state index contributed by atoms with van der Waals surface area (Å²) in [7, 11) is 0. The van der Waals surface area contributed by atoms with Gasteiger partial charge in [-0.2, -0.15) is 0 Å². The highest BCUT2D eigenvalue weighted by Crippen LogP contribution is 2.44. The van der Waals surface area contributed by atoms with Gasteiger partial charge in [0.1, 0.15) is 11.5 Å². The molecule has 4 aliphatic heterocycles. The molecule has 6 rings (SSSR count). The van der Waals surface area contributed by atoms with Gasteiger partial charge in [0, 0.05) is 23.2 Å². The quantitative estimate of drug-likeness (QED) is 0.638. The first-order valence-corrected chi connectivity index (χ1v) is 12.1. The number of rotatable bonds is 3. The van der Waals surface area contributed by atoms with Gasteiger partial charge in [-0.15, -0.1) is 0 Å². The van der Waals surface area contributed by atoms with Crippen LogP contribution in [0.25, 0.3) is 5.57 Å². The third-order valence-electron chi connectivity index (χ3n) is 7.23. The lowest BCUT2D eigenvalue weighted by Gasteiger charge is -2.36. The Morgan fingerprint density at radius 2 is 1.47 bits per heavy atom. The number of nitrogens with zero attached hydrogens (tertiary/aromatic N) is 1. The van der Waals surface area contributed by atoms with Gasteiger partial charge in [0.2, 0.25) is 0 Å². The lowest BCUT2D eigenvalue weighted by molar-refractivity contribution is -0.0164. The van der Waals surface area contributed by atoms with E-state index in [0.29, 0.717) is 19.8 Å². The van der Waals surface area contributed by atoms with E-state index >= 15 is 0 Å². The third kappa shape index (κ3) is 3.83. The van der Waals surface area contributed by atoms with E-state index in [1.807, 2.05) is 24.0 Å². The monoisotopic (exact) mass is 463 g/mol. The minimum Gasteiger partial charge on any atom is -0.467 e. The van der Waals surface area contributed by atoms with E-state index in [1.165, 1.54) is 11.1 Å². The molecular formula is C27H29NO6. The van der Waals surface area contributed by atoms with Crippen LogP contribution >= 0.6 is 0 Å². The average Bonchev–Trinajstić information content (AvgIpc) is 3.14. The molecule has 0 aromatic heterocycles. The van der Waals surface area contributed by atoms with Crippen LogP contribution < -0.4 is 9.47 Å². The molecule has 34 heavy (non-hydrogen) atoms. The van der Waals surface area contributed by atoms with Crippen molar-refractivity contribution in [2.45, 2.75) is 57.9 Å². The Kier molecular flexibility index (Phi) is 5.67. The van der Waals surface area contributed by atoms with Gasteiger partial charge in [-0.3, -0.25) is 0 Å². The van der Waals surface area contributed by atoms with Crippen LogP contribution in [0.5, 0.6) is 11.5 Å². The van der Waals surface area contributed by atoms with E-state index in [0.717, 1.165) is 59.4 Å². The first-order valence-electron chi connectivity index (χ1n) is 12.1. The maximum absolute atomic E-state index is 12.6. The molecule has 7 heteroatoms. The standard InChI is InChI=1S/C27H29NO6/c1-2-32-27(29)28-22-5-6-23(28)12-19(11-22)26(17-3-7-24-20(9-17)13-30-15-33-24)18-4-8-25-21(10-18)14-31-16-34-25/h3-4,7-10,22-23H,2,5-6,11-16H2,1H3. The number of ether oxygens (including phenoxy) is 5. The van der Waals surface area contributed by atoms with E-state index in [1.54, 1.807) is 0 Å². The SMILES string of the molecule is CCOC(=O)N1C2CCC1CC(=C(c1ccc3c(c1)COCO3)c1ccc3c(c1)COCO3)C2. The zero-order valence-electron chi connectivity index (χ0n) is 19.4. The minimum absolute atomic E-state index is 0.177. The molecule has 0 spiro atoms. The number of fused-ring (bicyclic) bond motifs is 4. The molecule has 178 valence electrons. The molecule has 2 aromatic carbocycles. The topological polar surface area (TPSA) is 66.5 Å². The smallest absolute Gasteiger partial charge is 0.410 e. The van der Waals surface area contributed by atoms with Crippen molar-refractivity contribution in [3.8, 4) is 11.5 Å². The number of carbonyl (C=O) groups excluding carboxylic acids is 1. The number of amides is 1. The first kappa shape index (κ1) is 21.5. The van der Waals surface area contributed by atoms with Gasteiger partial charge in [-0.25, -0.2) is 4.79 Å². The van der Waals surface area contributed by atoms with Crippen LogP contribution in [-0.4, -0.2) is 43.3 Å². The van der Waals surface area contributed by atoms with E-state index < -0.39 is 0 Å². The van der Waals surface area contributed by atoms with Crippen molar-refractivity contribution < 1.29 is 28.5 Å². The Bertz CT molecular complexity index is 1060. The number of hydrogen-bond acceptors (Lipinski definition) is 6. The molecular weight excluding hydrogens is 434 g/mol. The van der Waals surface area contributed by atoms with Crippen LogP contribution in [0.3, 0.4) is 0 Å². The normalized spacial score (nSPS) is 22.9. The zero-order chi connectivity index (χ0) is 23.1. The zero-order valence-corrected chi connectivity index (χ0v) is 19.4. The summed E-state index contributed by atoms with van der Waals surface area (Å²) >= 11 is 0.